The van der Waals surface area contributed by atoms with Gasteiger partial charge in [-0.2, -0.15) is 0 Å². The molecule has 122 valence electrons. The van der Waals surface area contributed by atoms with Crippen LogP contribution in [0.25, 0.3) is 0 Å². The molecule has 1 fully saturated rings. The first-order chi connectivity index (χ1) is 10.4. The average Bonchev–Trinajstić information content (AvgIpc) is 2.91. The number of aliphatic hydroxyl groups is 1. The van der Waals surface area contributed by atoms with Crippen molar-refractivity contribution in [1.29, 1.82) is 0 Å². The first-order valence-corrected chi connectivity index (χ1v) is 7.60. The minimum Gasteiger partial charge on any atom is -0.392 e. The van der Waals surface area contributed by atoms with Gasteiger partial charge in [-0.25, -0.2) is 8.78 Å². The van der Waals surface area contributed by atoms with E-state index in [0.29, 0.717) is 13.1 Å². The lowest BCUT2D eigenvalue weighted by Gasteiger charge is -2.20. The fraction of sp³-hybridized carbons (Fsp3) is 0.562. The Bertz CT molecular complexity index is 520. The lowest BCUT2D eigenvalue weighted by atomic mass is 10.0. The van der Waals surface area contributed by atoms with Gasteiger partial charge in [0.05, 0.1) is 12.5 Å². The molecule has 1 aliphatic heterocycles. The first-order valence-electron chi connectivity index (χ1n) is 7.60. The fourth-order valence-electron chi connectivity index (χ4n) is 2.52. The van der Waals surface area contributed by atoms with Crippen molar-refractivity contribution in [2.75, 3.05) is 23.3 Å². The molecule has 1 amide bonds. The zero-order valence-electron chi connectivity index (χ0n) is 12.9. The molecule has 1 aromatic rings. The standard InChI is InChI=1S/C16H22F2N2O2/c1-10(2)14(21)9-15(22)19-11-7-12(17)16(13(18)8-11)20-5-3-4-6-20/h7-8,10,14,21H,3-6,9H2,1-2H3,(H,19,22). The number of rotatable bonds is 5. The zero-order valence-corrected chi connectivity index (χ0v) is 12.9. The van der Waals surface area contributed by atoms with E-state index in [4.69, 9.17) is 0 Å². The van der Waals surface area contributed by atoms with E-state index in [1.165, 1.54) is 0 Å². The van der Waals surface area contributed by atoms with Crippen LogP contribution in [0.5, 0.6) is 0 Å². The smallest absolute Gasteiger partial charge is 0.226 e. The molecule has 0 aromatic heterocycles. The highest BCUT2D eigenvalue weighted by Crippen LogP contribution is 2.29. The van der Waals surface area contributed by atoms with E-state index in [-0.39, 0.29) is 23.7 Å². The minimum absolute atomic E-state index is 0.0299. The van der Waals surface area contributed by atoms with Gasteiger partial charge in [0.2, 0.25) is 5.91 Å². The Morgan fingerprint density at radius 1 is 1.27 bits per heavy atom. The molecule has 0 aliphatic carbocycles. The predicted octanol–water partition coefficient (Wildman–Crippen LogP) is 2.91. The van der Waals surface area contributed by atoms with E-state index in [9.17, 15) is 18.7 Å². The van der Waals surface area contributed by atoms with E-state index >= 15 is 0 Å². The van der Waals surface area contributed by atoms with Crippen LogP contribution in [0.1, 0.15) is 33.1 Å². The van der Waals surface area contributed by atoms with Gasteiger partial charge in [-0.05, 0) is 30.9 Å². The van der Waals surface area contributed by atoms with Crippen LogP contribution in [0.4, 0.5) is 20.2 Å². The Morgan fingerprint density at radius 2 is 1.82 bits per heavy atom. The largest absolute Gasteiger partial charge is 0.392 e. The molecule has 2 N–H and O–H groups in total. The molecule has 1 unspecified atom stereocenters. The van der Waals surface area contributed by atoms with Crippen LogP contribution in [0.15, 0.2) is 12.1 Å². The quantitative estimate of drug-likeness (QED) is 0.879. The van der Waals surface area contributed by atoms with Crippen molar-refractivity contribution in [3.63, 3.8) is 0 Å². The van der Waals surface area contributed by atoms with Gasteiger partial charge in [0, 0.05) is 18.8 Å². The van der Waals surface area contributed by atoms with Crippen LogP contribution in [-0.2, 0) is 4.79 Å². The topological polar surface area (TPSA) is 52.6 Å². The molecule has 22 heavy (non-hydrogen) atoms. The molecular formula is C16H22F2N2O2. The van der Waals surface area contributed by atoms with Crippen molar-refractivity contribution in [3.05, 3.63) is 23.8 Å². The molecule has 1 aliphatic rings. The number of nitrogens with one attached hydrogen (secondary N) is 1. The number of aliphatic hydroxyl groups excluding tert-OH is 1. The van der Waals surface area contributed by atoms with E-state index in [1.54, 1.807) is 18.7 Å². The molecule has 1 aromatic carbocycles. The van der Waals surface area contributed by atoms with Crippen molar-refractivity contribution in [2.24, 2.45) is 5.92 Å². The van der Waals surface area contributed by atoms with Gasteiger partial charge in [-0.1, -0.05) is 13.8 Å². The minimum atomic E-state index is -0.779. The maximum atomic E-state index is 14.1. The van der Waals surface area contributed by atoms with E-state index in [1.807, 2.05) is 0 Å². The number of amides is 1. The Balaban J connectivity index is 2.08. The summed E-state index contributed by atoms with van der Waals surface area (Å²) in [7, 11) is 0. The summed E-state index contributed by atoms with van der Waals surface area (Å²) in [6, 6.07) is 2.24. The highest BCUT2D eigenvalue weighted by molar-refractivity contribution is 5.91. The molecule has 0 spiro atoms. The summed E-state index contributed by atoms with van der Waals surface area (Å²) in [5, 5.41) is 12.1. The summed E-state index contributed by atoms with van der Waals surface area (Å²) in [5.41, 5.74) is 0.0385. The van der Waals surface area contributed by atoms with Gasteiger partial charge in [-0.3, -0.25) is 4.79 Å². The second-order valence-corrected chi connectivity index (χ2v) is 6.05. The average molecular weight is 312 g/mol. The maximum Gasteiger partial charge on any atom is 0.226 e. The number of anilines is 2. The van der Waals surface area contributed by atoms with Crippen molar-refractivity contribution < 1.29 is 18.7 Å². The Labute approximate surface area is 129 Å². The number of carbonyl (C=O) groups is 1. The molecule has 1 heterocycles. The number of hydrogen-bond acceptors (Lipinski definition) is 3. The normalized spacial score (nSPS) is 16.2. The van der Waals surface area contributed by atoms with Crippen molar-refractivity contribution in [2.45, 2.75) is 39.2 Å². The van der Waals surface area contributed by atoms with Gasteiger partial charge in [0.15, 0.2) is 11.6 Å². The monoisotopic (exact) mass is 312 g/mol. The number of nitrogens with zero attached hydrogens (tertiary/aromatic N) is 1. The molecule has 0 saturated carbocycles. The first kappa shape index (κ1) is 16.7. The third-order valence-electron chi connectivity index (χ3n) is 3.89. The number of hydrogen-bond donors (Lipinski definition) is 2. The summed E-state index contributed by atoms with van der Waals surface area (Å²) in [5.74, 6) is -1.88. The number of benzene rings is 1. The highest BCUT2D eigenvalue weighted by atomic mass is 19.1. The van der Waals surface area contributed by atoms with Gasteiger partial charge in [0.25, 0.3) is 0 Å². The van der Waals surface area contributed by atoms with E-state index < -0.39 is 23.6 Å². The molecule has 6 heteroatoms. The lowest BCUT2D eigenvalue weighted by molar-refractivity contribution is -0.118. The Hall–Kier alpha value is -1.69. The fourth-order valence-corrected chi connectivity index (χ4v) is 2.52. The van der Waals surface area contributed by atoms with Crippen LogP contribution in [0.3, 0.4) is 0 Å². The van der Waals surface area contributed by atoms with Crippen LogP contribution >= 0.6 is 0 Å². The molecule has 1 atom stereocenters. The molecule has 4 nitrogen and oxygen atoms in total. The predicted molar refractivity (Wildman–Crippen MR) is 81.9 cm³/mol. The Kier molecular flexibility index (Phi) is 5.34. The molecule has 0 bridgehead atoms. The van der Waals surface area contributed by atoms with Gasteiger partial charge < -0.3 is 15.3 Å². The van der Waals surface area contributed by atoms with Crippen molar-refractivity contribution in [3.8, 4) is 0 Å². The zero-order chi connectivity index (χ0) is 16.3. The van der Waals surface area contributed by atoms with Gasteiger partial charge in [0.1, 0.15) is 5.69 Å². The summed E-state index contributed by atoms with van der Waals surface area (Å²) in [6.07, 6.45) is 0.961. The van der Waals surface area contributed by atoms with E-state index in [2.05, 4.69) is 5.32 Å². The maximum absolute atomic E-state index is 14.1. The number of carbonyl (C=O) groups excluding carboxylic acids is 1. The second-order valence-electron chi connectivity index (χ2n) is 6.05. The van der Waals surface area contributed by atoms with Crippen LogP contribution in [-0.4, -0.2) is 30.2 Å². The molecular weight excluding hydrogens is 290 g/mol. The SMILES string of the molecule is CC(C)C(O)CC(=O)Nc1cc(F)c(N2CCCC2)c(F)c1. The summed E-state index contributed by atoms with van der Waals surface area (Å²) in [4.78, 5) is 13.4. The van der Waals surface area contributed by atoms with Crippen LogP contribution in [0, 0.1) is 17.6 Å². The third kappa shape index (κ3) is 3.94. The summed E-state index contributed by atoms with van der Waals surface area (Å²) in [6.45, 7) is 4.87. The molecule has 2 rings (SSSR count). The number of halogens is 2. The van der Waals surface area contributed by atoms with Crippen molar-refractivity contribution >= 4 is 17.3 Å². The van der Waals surface area contributed by atoms with Crippen molar-refractivity contribution in [1.82, 2.24) is 0 Å². The second kappa shape index (κ2) is 7.05. The molecule has 1 saturated heterocycles. The lowest BCUT2D eigenvalue weighted by Crippen LogP contribution is -2.24. The van der Waals surface area contributed by atoms with Crippen LogP contribution < -0.4 is 10.2 Å². The van der Waals surface area contributed by atoms with Gasteiger partial charge in [-0.15, -0.1) is 0 Å². The van der Waals surface area contributed by atoms with Gasteiger partial charge >= 0.3 is 0 Å². The Morgan fingerprint density at radius 3 is 2.32 bits per heavy atom. The highest BCUT2D eigenvalue weighted by Gasteiger charge is 2.22. The molecule has 0 radical (unpaired) electrons. The third-order valence-corrected chi connectivity index (χ3v) is 3.89. The summed E-state index contributed by atoms with van der Waals surface area (Å²) >= 11 is 0. The van der Waals surface area contributed by atoms with E-state index in [0.717, 1.165) is 25.0 Å². The van der Waals surface area contributed by atoms with Crippen LogP contribution in [0.2, 0.25) is 0 Å². The summed E-state index contributed by atoms with van der Waals surface area (Å²) < 4.78 is 28.2.